The zero-order valence-corrected chi connectivity index (χ0v) is 10.7. The highest BCUT2D eigenvalue weighted by molar-refractivity contribution is 5.96. The average molecular weight is 252 g/mol. The van der Waals surface area contributed by atoms with E-state index in [0.717, 1.165) is 24.1 Å². The molecule has 1 N–H and O–H groups in total. The molecule has 1 aliphatic heterocycles. The number of nitrogens with zero attached hydrogens (tertiary/aromatic N) is 1. The zero-order valence-electron chi connectivity index (χ0n) is 10.7. The van der Waals surface area contributed by atoms with Gasteiger partial charge in [0, 0.05) is 18.7 Å². The largest absolute Gasteiger partial charge is 0.273 e. The zero-order chi connectivity index (χ0) is 13.1. The van der Waals surface area contributed by atoms with E-state index in [0.29, 0.717) is 6.54 Å². The van der Waals surface area contributed by atoms with Crippen molar-refractivity contribution in [3.8, 4) is 0 Å². The molecule has 96 valence electrons. The van der Waals surface area contributed by atoms with Gasteiger partial charge in [-0.25, -0.2) is 5.43 Å². The summed E-state index contributed by atoms with van der Waals surface area (Å²) in [5, 5.41) is 1.72. The van der Waals surface area contributed by atoms with E-state index < -0.39 is 0 Å². The normalized spacial score (nSPS) is 14.3. The van der Waals surface area contributed by atoms with Gasteiger partial charge in [-0.1, -0.05) is 48.5 Å². The van der Waals surface area contributed by atoms with E-state index in [9.17, 15) is 4.79 Å². The molecule has 0 bridgehead atoms. The van der Waals surface area contributed by atoms with E-state index in [1.807, 2.05) is 42.5 Å². The van der Waals surface area contributed by atoms with Gasteiger partial charge in [0.25, 0.3) is 5.91 Å². The molecular weight excluding hydrogens is 236 g/mol. The topological polar surface area (TPSA) is 32.3 Å². The van der Waals surface area contributed by atoms with Crippen LogP contribution in [0.4, 0.5) is 0 Å². The molecule has 0 radical (unpaired) electrons. The Kier molecular flexibility index (Phi) is 3.29. The first kappa shape index (κ1) is 11.9. The van der Waals surface area contributed by atoms with Gasteiger partial charge < -0.3 is 0 Å². The fourth-order valence-corrected chi connectivity index (χ4v) is 2.36. The second kappa shape index (κ2) is 5.24. The Labute approximate surface area is 112 Å². The van der Waals surface area contributed by atoms with E-state index in [1.54, 1.807) is 5.01 Å². The van der Waals surface area contributed by atoms with E-state index in [1.165, 1.54) is 5.56 Å². The summed E-state index contributed by atoms with van der Waals surface area (Å²) in [5.41, 5.74) is 6.35. The summed E-state index contributed by atoms with van der Waals surface area (Å²) in [6.07, 6.45) is 0.906. The fraction of sp³-hybridized carbons (Fsp3) is 0.188. The van der Waals surface area contributed by atoms with Crippen LogP contribution >= 0.6 is 0 Å². The number of carbonyl (C=O) groups is 1. The first-order valence-electron chi connectivity index (χ1n) is 6.52. The van der Waals surface area contributed by atoms with Gasteiger partial charge >= 0.3 is 0 Å². The molecule has 0 unspecified atom stereocenters. The minimum atomic E-state index is 0.0674. The maximum absolute atomic E-state index is 12.3. The van der Waals surface area contributed by atoms with Crippen LogP contribution < -0.4 is 5.43 Å². The number of amides is 1. The van der Waals surface area contributed by atoms with Gasteiger partial charge in [-0.3, -0.25) is 9.80 Å². The molecule has 3 nitrogen and oxygen atoms in total. The number of hydrogen-bond donors (Lipinski definition) is 1. The Bertz CT molecular complexity index is 580. The summed E-state index contributed by atoms with van der Waals surface area (Å²) in [7, 11) is 0. The Hall–Kier alpha value is -2.13. The maximum Gasteiger partial charge on any atom is 0.268 e. The summed E-state index contributed by atoms with van der Waals surface area (Å²) >= 11 is 0. The molecule has 0 saturated carbocycles. The monoisotopic (exact) mass is 252 g/mol. The van der Waals surface area contributed by atoms with Crippen molar-refractivity contribution in [2.24, 2.45) is 0 Å². The van der Waals surface area contributed by atoms with Crippen molar-refractivity contribution in [1.82, 2.24) is 10.4 Å². The molecule has 1 heterocycles. The lowest BCUT2D eigenvalue weighted by Crippen LogP contribution is -2.46. The van der Waals surface area contributed by atoms with E-state index >= 15 is 0 Å². The fourth-order valence-electron chi connectivity index (χ4n) is 2.36. The third kappa shape index (κ3) is 2.51. The lowest BCUT2D eigenvalue weighted by atomic mass is 10.0. The molecule has 0 aromatic heterocycles. The number of benzene rings is 2. The number of hydrazine groups is 1. The molecular formula is C16H16N2O. The summed E-state index contributed by atoms with van der Waals surface area (Å²) < 4.78 is 0. The Morgan fingerprint density at radius 2 is 1.74 bits per heavy atom. The molecule has 2 aromatic carbocycles. The third-order valence-corrected chi connectivity index (χ3v) is 3.41. The van der Waals surface area contributed by atoms with Gasteiger partial charge in [0.05, 0.1) is 0 Å². The molecule has 0 fully saturated rings. The van der Waals surface area contributed by atoms with Gasteiger partial charge in [0.15, 0.2) is 0 Å². The SMILES string of the molecule is O=C1c2ccccc2CCN1NCc1ccccc1. The summed E-state index contributed by atoms with van der Waals surface area (Å²) in [6.45, 7) is 1.40. The quantitative estimate of drug-likeness (QED) is 0.909. The average Bonchev–Trinajstić information content (AvgIpc) is 2.48. The van der Waals surface area contributed by atoms with Crippen molar-refractivity contribution in [2.75, 3.05) is 6.54 Å². The lowest BCUT2D eigenvalue weighted by Gasteiger charge is -2.29. The molecule has 0 spiro atoms. The predicted molar refractivity (Wildman–Crippen MR) is 74.5 cm³/mol. The third-order valence-electron chi connectivity index (χ3n) is 3.41. The van der Waals surface area contributed by atoms with Crippen LogP contribution in [0.1, 0.15) is 21.5 Å². The number of fused-ring (bicyclic) bond motifs is 1. The molecule has 3 rings (SSSR count). The lowest BCUT2D eigenvalue weighted by molar-refractivity contribution is 0.0633. The van der Waals surface area contributed by atoms with Crippen LogP contribution in [-0.2, 0) is 13.0 Å². The second-order valence-corrected chi connectivity index (χ2v) is 4.68. The van der Waals surface area contributed by atoms with Crippen molar-refractivity contribution in [2.45, 2.75) is 13.0 Å². The first-order valence-corrected chi connectivity index (χ1v) is 6.52. The van der Waals surface area contributed by atoms with Crippen molar-refractivity contribution in [1.29, 1.82) is 0 Å². The van der Waals surface area contributed by atoms with Crippen LogP contribution in [0.3, 0.4) is 0 Å². The van der Waals surface area contributed by atoms with Crippen molar-refractivity contribution in [3.05, 3.63) is 71.3 Å². The van der Waals surface area contributed by atoms with E-state index in [4.69, 9.17) is 0 Å². The smallest absolute Gasteiger partial charge is 0.268 e. The Morgan fingerprint density at radius 3 is 2.58 bits per heavy atom. The molecule has 0 aliphatic carbocycles. The summed E-state index contributed by atoms with van der Waals surface area (Å²) in [6, 6.07) is 17.9. The van der Waals surface area contributed by atoms with E-state index in [-0.39, 0.29) is 5.91 Å². The highest BCUT2D eigenvalue weighted by Crippen LogP contribution is 2.17. The number of carbonyl (C=O) groups excluding carboxylic acids is 1. The Morgan fingerprint density at radius 1 is 1.00 bits per heavy atom. The minimum Gasteiger partial charge on any atom is -0.273 e. The molecule has 19 heavy (non-hydrogen) atoms. The van der Waals surface area contributed by atoms with Crippen LogP contribution in [0.15, 0.2) is 54.6 Å². The van der Waals surface area contributed by atoms with Crippen LogP contribution in [0.25, 0.3) is 0 Å². The molecule has 2 aromatic rings. The van der Waals surface area contributed by atoms with Gasteiger partial charge in [-0.15, -0.1) is 0 Å². The van der Waals surface area contributed by atoms with Crippen molar-refractivity contribution in [3.63, 3.8) is 0 Å². The van der Waals surface area contributed by atoms with Crippen LogP contribution in [0, 0.1) is 0 Å². The van der Waals surface area contributed by atoms with Crippen molar-refractivity contribution >= 4 is 5.91 Å². The van der Waals surface area contributed by atoms with Gasteiger partial charge in [0.2, 0.25) is 0 Å². The predicted octanol–water partition coefficient (Wildman–Crippen LogP) is 2.39. The highest BCUT2D eigenvalue weighted by Gasteiger charge is 2.23. The van der Waals surface area contributed by atoms with Gasteiger partial charge in [-0.05, 0) is 23.6 Å². The number of hydrogen-bond acceptors (Lipinski definition) is 2. The van der Waals surface area contributed by atoms with E-state index in [2.05, 4.69) is 17.6 Å². The minimum absolute atomic E-state index is 0.0674. The molecule has 3 heteroatoms. The highest BCUT2D eigenvalue weighted by atomic mass is 16.2. The van der Waals surface area contributed by atoms with Crippen molar-refractivity contribution < 1.29 is 4.79 Å². The van der Waals surface area contributed by atoms with Crippen LogP contribution in [0.5, 0.6) is 0 Å². The van der Waals surface area contributed by atoms with Crippen LogP contribution in [-0.4, -0.2) is 17.5 Å². The Balaban J connectivity index is 1.69. The second-order valence-electron chi connectivity index (χ2n) is 4.68. The molecule has 0 atom stereocenters. The van der Waals surface area contributed by atoms with Gasteiger partial charge in [-0.2, -0.15) is 0 Å². The first-order chi connectivity index (χ1) is 9.34. The standard InChI is InChI=1S/C16H16N2O/c19-16-15-9-5-4-8-14(15)10-11-18(16)17-12-13-6-2-1-3-7-13/h1-9,17H,10-12H2. The molecule has 0 saturated heterocycles. The summed E-state index contributed by atoms with van der Waals surface area (Å²) in [4.78, 5) is 12.3. The molecule has 1 aliphatic rings. The van der Waals surface area contributed by atoms with Gasteiger partial charge in [0.1, 0.15) is 0 Å². The van der Waals surface area contributed by atoms with Crippen LogP contribution in [0.2, 0.25) is 0 Å². The number of nitrogens with one attached hydrogen (secondary N) is 1. The maximum atomic E-state index is 12.3. The number of rotatable bonds is 3. The summed E-state index contributed by atoms with van der Waals surface area (Å²) in [5.74, 6) is 0.0674. The molecule has 1 amide bonds.